The first-order valence-electron chi connectivity index (χ1n) is 6.50. The summed E-state index contributed by atoms with van der Waals surface area (Å²) in [6, 6.07) is 13.0. The van der Waals surface area contributed by atoms with E-state index in [-0.39, 0.29) is 0 Å². The minimum absolute atomic E-state index is 0.355. The van der Waals surface area contributed by atoms with Gasteiger partial charge in [0.05, 0.1) is 17.3 Å². The lowest BCUT2D eigenvalue weighted by molar-refractivity contribution is 0.202. The summed E-state index contributed by atoms with van der Waals surface area (Å²) in [5, 5.41) is 4.65. The molecule has 0 bridgehead atoms. The number of rotatable bonds is 2. The molecule has 3 nitrogen and oxygen atoms in total. The highest BCUT2D eigenvalue weighted by molar-refractivity contribution is 5.78. The molecule has 18 heavy (non-hydrogen) atoms. The molecule has 1 aromatic heterocycles. The van der Waals surface area contributed by atoms with E-state index >= 15 is 0 Å². The Hall–Kier alpha value is -1.45. The monoisotopic (exact) mass is 240 g/mol. The average Bonchev–Trinajstić information content (AvgIpc) is 2.46. The van der Waals surface area contributed by atoms with Crippen molar-refractivity contribution in [3.8, 4) is 0 Å². The average molecular weight is 240 g/mol. The predicted molar refractivity (Wildman–Crippen MR) is 74.0 cm³/mol. The van der Waals surface area contributed by atoms with Gasteiger partial charge in [0, 0.05) is 31.6 Å². The van der Waals surface area contributed by atoms with Crippen LogP contribution < -0.4 is 5.32 Å². The number of nitrogens with zero attached hydrogens (tertiary/aromatic N) is 2. The molecule has 2 aromatic rings. The van der Waals surface area contributed by atoms with E-state index in [0.717, 1.165) is 30.8 Å². The molecule has 0 aliphatic carbocycles. The largest absolute Gasteiger partial charge is 0.313 e. The molecule has 2 heterocycles. The molecule has 0 spiro atoms. The van der Waals surface area contributed by atoms with Crippen LogP contribution in [-0.4, -0.2) is 29.5 Å². The summed E-state index contributed by atoms with van der Waals surface area (Å²) in [7, 11) is 0. The highest BCUT2D eigenvalue weighted by Gasteiger charge is 2.23. The molecule has 1 N–H and O–H groups in total. The summed E-state index contributed by atoms with van der Waals surface area (Å²) < 4.78 is 0. The fourth-order valence-corrected chi connectivity index (χ4v) is 2.57. The molecular weight excluding hydrogens is 222 g/mol. The van der Waals surface area contributed by atoms with Gasteiger partial charge >= 0.3 is 0 Å². The van der Waals surface area contributed by atoms with Gasteiger partial charge in [0.1, 0.15) is 0 Å². The van der Waals surface area contributed by atoms with Crippen molar-refractivity contribution in [1.82, 2.24) is 15.2 Å². The van der Waals surface area contributed by atoms with Gasteiger partial charge in [0.25, 0.3) is 0 Å². The maximum Gasteiger partial charge on any atom is 0.0706 e. The second kappa shape index (κ2) is 5.04. The molecule has 0 saturated carbocycles. The number of aromatic nitrogens is 1. The number of nitrogens with one attached hydrogen (secondary N) is 1. The highest BCUT2D eigenvalue weighted by Crippen LogP contribution is 2.23. The van der Waals surface area contributed by atoms with Crippen molar-refractivity contribution in [1.29, 1.82) is 0 Å². The number of hydrogen-bond donors (Lipinski definition) is 1. The molecule has 3 heteroatoms. The Balaban J connectivity index is 1.97. The first-order chi connectivity index (χ1) is 8.88. The Morgan fingerprint density at radius 2 is 2.17 bits per heavy atom. The zero-order chi connectivity index (χ0) is 12.4. The second-order valence-corrected chi connectivity index (χ2v) is 4.64. The molecular formula is C15H18N3. The Kier molecular flexibility index (Phi) is 3.26. The quantitative estimate of drug-likeness (QED) is 0.873. The van der Waals surface area contributed by atoms with Crippen LogP contribution in [0.15, 0.2) is 36.4 Å². The van der Waals surface area contributed by atoms with E-state index < -0.39 is 0 Å². The first kappa shape index (κ1) is 11.6. The normalized spacial score (nSPS) is 21.3. The van der Waals surface area contributed by atoms with Gasteiger partial charge in [-0.3, -0.25) is 9.88 Å². The lowest BCUT2D eigenvalue weighted by Gasteiger charge is -2.34. The van der Waals surface area contributed by atoms with E-state index in [1.165, 1.54) is 5.39 Å². The fourth-order valence-electron chi connectivity index (χ4n) is 2.57. The maximum absolute atomic E-state index is 4.80. The van der Waals surface area contributed by atoms with Crippen molar-refractivity contribution >= 4 is 10.9 Å². The van der Waals surface area contributed by atoms with E-state index in [9.17, 15) is 0 Å². The predicted octanol–water partition coefficient (Wildman–Crippen LogP) is 2.36. The van der Waals surface area contributed by atoms with E-state index in [1.807, 2.05) is 6.07 Å². The zero-order valence-electron chi connectivity index (χ0n) is 10.6. The third kappa shape index (κ3) is 2.11. The number of hydrogen-bond acceptors (Lipinski definition) is 3. The number of fused-ring (bicyclic) bond motifs is 1. The van der Waals surface area contributed by atoms with Crippen molar-refractivity contribution in [2.45, 2.75) is 13.0 Å². The number of piperazine rings is 1. The molecule has 0 amide bonds. The third-order valence-corrected chi connectivity index (χ3v) is 3.58. The Bertz CT molecular complexity index is 538. The molecule has 1 unspecified atom stereocenters. The van der Waals surface area contributed by atoms with Crippen LogP contribution >= 0.6 is 0 Å². The van der Waals surface area contributed by atoms with Crippen molar-refractivity contribution in [2.24, 2.45) is 0 Å². The van der Waals surface area contributed by atoms with Crippen LogP contribution in [0.1, 0.15) is 18.7 Å². The molecule has 1 aromatic carbocycles. The maximum atomic E-state index is 4.80. The smallest absolute Gasteiger partial charge is 0.0706 e. The summed E-state index contributed by atoms with van der Waals surface area (Å²) in [5.74, 6) is 0. The summed E-state index contributed by atoms with van der Waals surface area (Å²) in [6.07, 6.45) is 0. The summed E-state index contributed by atoms with van der Waals surface area (Å²) >= 11 is 0. The van der Waals surface area contributed by atoms with Crippen LogP contribution in [0, 0.1) is 6.54 Å². The number of para-hydroxylation sites is 1. The van der Waals surface area contributed by atoms with Crippen molar-refractivity contribution in [2.75, 3.05) is 19.6 Å². The second-order valence-electron chi connectivity index (χ2n) is 4.64. The Morgan fingerprint density at radius 1 is 1.28 bits per heavy atom. The van der Waals surface area contributed by atoms with Gasteiger partial charge in [-0.15, -0.1) is 0 Å². The van der Waals surface area contributed by atoms with Gasteiger partial charge in [-0.05, 0) is 19.1 Å². The van der Waals surface area contributed by atoms with Gasteiger partial charge in [0.2, 0.25) is 0 Å². The van der Waals surface area contributed by atoms with Crippen molar-refractivity contribution in [3.63, 3.8) is 0 Å². The number of pyridine rings is 1. The summed E-state index contributed by atoms with van der Waals surface area (Å²) in [6.45, 7) is 7.33. The number of benzene rings is 1. The van der Waals surface area contributed by atoms with E-state index in [4.69, 9.17) is 4.98 Å². The summed E-state index contributed by atoms with van der Waals surface area (Å²) in [4.78, 5) is 7.16. The minimum Gasteiger partial charge on any atom is -0.313 e. The Morgan fingerprint density at radius 3 is 3.06 bits per heavy atom. The van der Waals surface area contributed by atoms with Crippen LogP contribution in [0.2, 0.25) is 0 Å². The van der Waals surface area contributed by atoms with Crippen LogP contribution in [0.5, 0.6) is 0 Å². The molecule has 1 atom stereocenters. The van der Waals surface area contributed by atoms with Crippen LogP contribution in [0.25, 0.3) is 10.9 Å². The van der Waals surface area contributed by atoms with E-state index in [1.54, 1.807) is 0 Å². The molecule has 93 valence electrons. The summed E-state index contributed by atoms with van der Waals surface area (Å²) in [5.41, 5.74) is 2.23. The Labute approximate surface area is 108 Å². The molecule has 1 fully saturated rings. The zero-order valence-corrected chi connectivity index (χ0v) is 10.6. The molecule has 3 rings (SSSR count). The SMILES string of the molecule is C[CH]N1CCNCC1c1ccc2ccccc2n1. The van der Waals surface area contributed by atoms with Gasteiger partial charge in [-0.25, -0.2) is 0 Å². The van der Waals surface area contributed by atoms with Crippen LogP contribution in [0.4, 0.5) is 0 Å². The van der Waals surface area contributed by atoms with Crippen molar-refractivity contribution in [3.05, 3.63) is 48.6 Å². The topological polar surface area (TPSA) is 28.2 Å². The standard InChI is InChI=1S/C15H18N3/c1-2-18-10-9-16-11-15(18)14-8-7-12-5-3-4-6-13(12)17-14/h2-8,15-16H,9-11H2,1H3. The highest BCUT2D eigenvalue weighted by atomic mass is 15.2. The van der Waals surface area contributed by atoms with Gasteiger partial charge in [-0.2, -0.15) is 0 Å². The fraction of sp³-hybridized carbons (Fsp3) is 0.333. The van der Waals surface area contributed by atoms with Gasteiger partial charge < -0.3 is 5.32 Å². The molecule has 1 aliphatic heterocycles. The lowest BCUT2D eigenvalue weighted by atomic mass is 10.1. The van der Waals surface area contributed by atoms with Gasteiger partial charge in [-0.1, -0.05) is 24.3 Å². The van der Waals surface area contributed by atoms with Crippen molar-refractivity contribution < 1.29 is 0 Å². The molecule has 1 aliphatic rings. The van der Waals surface area contributed by atoms with E-state index in [2.05, 4.69) is 54.0 Å². The third-order valence-electron chi connectivity index (χ3n) is 3.58. The molecule has 1 saturated heterocycles. The molecule has 1 radical (unpaired) electrons. The van der Waals surface area contributed by atoms with Gasteiger partial charge in [0.15, 0.2) is 0 Å². The first-order valence-corrected chi connectivity index (χ1v) is 6.50. The van der Waals surface area contributed by atoms with E-state index in [0.29, 0.717) is 6.04 Å². The lowest BCUT2D eigenvalue weighted by Crippen LogP contribution is -2.44. The minimum atomic E-state index is 0.355. The van der Waals surface area contributed by atoms with Crippen LogP contribution in [-0.2, 0) is 0 Å². The van der Waals surface area contributed by atoms with Crippen LogP contribution in [0.3, 0.4) is 0 Å².